The van der Waals surface area contributed by atoms with Gasteiger partial charge in [0.05, 0.1) is 7.11 Å². The number of nitrogens with zero attached hydrogens (tertiary/aromatic N) is 3. The van der Waals surface area contributed by atoms with Crippen molar-refractivity contribution in [3.63, 3.8) is 0 Å². The van der Waals surface area contributed by atoms with Crippen LogP contribution < -0.4 is 0 Å². The van der Waals surface area contributed by atoms with E-state index in [0.717, 1.165) is 0 Å². The van der Waals surface area contributed by atoms with Crippen molar-refractivity contribution in [2.45, 2.75) is 5.79 Å². The molecule has 4 heteroatoms. The fraction of sp³-hybridized carbons (Fsp3) is 0.727. The van der Waals surface area contributed by atoms with E-state index >= 15 is 0 Å². The van der Waals surface area contributed by atoms with Gasteiger partial charge in [0.15, 0.2) is 11.5 Å². The summed E-state index contributed by atoms with van der Waals surface area (Å²) in [5.41, 5.74) is 2.86. The molecule has 0 radical (unpaired) electrons. The van der Waals surface area contributed by atoms with E-state index in [9.17, 15) is 0 Å². The molecule has 0 aliphatic heterocycles. The number of hydrogen-bond donors (Lipinski definition) is 0. The van der Waals surface area contributed by atoms with Crippen LogP contribution in [0.15, 0.2) is 18.1 Å². The lowest BCUT2D eigenvalue weighted by molar-refractivity contribution is -0.107. The smallest absolute Gasteiger partial charge is 0.197 e. The largest absolute Gasteiger partial charge is 0.489 e. The van der Waals surface area contributed by atoms with Gasteiger partial charge in [-0.2, -0.15) is 0 Å². The molecule has 0 amide bonds. The lowest BCUT2D eigenvalue weighted by Crippen LogP contribution is -2.65. The Morgan fingerprint density at radius 1 is 1.00 bits per heavy atom. The van der Waals surface area contributed by atoms with Crippen LogP contribution in [0.1, 0.15) is 0 Å². The molecule has 0 atom stereocenters. The number of methoxy groups -OCH3 is 1. The Hall–Kier alpha value is -0.800. The average molecular weight is 213 g/mol. The molecule has 0 spiro atoms. The fourth-order valence-electron chi connectivity index (χ4n) is 2.14. The quantitative estimate of drug-likeness (QED) is 0.379. The molecule has 15 heavy (non-hydrogen) atoms. The highest BCUT2D eigenvalue weighted by Crippen LogP contribution is 2.26. The summed E-state index contributed by atoms with van der Waals surface area (Å²) in [6.07, 6.45) is 0. The first kappa shape index (κ1) is 14.2. The SMILES string of the molecule is C=C=C(OC)C(N(C)C)(N(C)C)N(C)C. The van der Waals surface area contributed by atoms with Gasteiger partial charge in [-0.05, 0) is 42.3 Å². The Balaban J connectivity index is 5.62. The highest BCUT2D eigenvalue weighted by molar-refractivity contribution is 5.10. The van der Waals surface area contributed by atoms with Crippen LogP contribution in [-0.4, -0.2) is 69.9 Å². The van der Waals surface area contributed by atoms with Gasteiger partial charge >= 0.3 is 0 Å². The third-order valence-electron chi connectivity index (χ3n) is 2.54. The molecule has 4 nitrogen and oxygen atoms in total. The van der Waals surface area contributed by atoms with E-state index in [1.165, 1.54) is 0 Å². The van der Waals surface area contributed by atoms with E-state index in [4.69, 9.17) is 4.74 Å². The Kier molecular flexibility index (Phi) is 5.05. The van der Waals surface area contributed by atoms with Crippen molar-refractivity contribution < 1.29 is 4.74 Å². The number of ether oxygens (including phenoxy) is 1. The lowest BCUT2D eigenvalue weighted by atomic mass is 10.2. The molecule has 0 aromatic rings. The van der Waals surface area contributed by atoms with Gasteiger partial charge in [-0.15, -0.1) is 0 Å². The maximum Gasteiger partial charge on any atom is 0.197 e. The van der Waals surface area contributed by atoms with Crippen LogP contribution in [0, 0.1) is 0 Å². The molecule has 0 saturated carbocycles. The molecule has 0 aromatic carbocycles. The third-order valence-corrected chi connectivity index (χ3v) is 2.54. The minimum Gasteiger partial charge on any atom is -0.489 e. The Labute approximate surface area is 93.4 Å². The zero-order valence-corrected chi connectivity index (χ0v) is 11.0. The molecule has 88 valence electrons. The van der Waals surface area contributed by atoms with Crippen LogP contribution in [0.5, 0.6) is 0 Å². The molecule has 0 unspecified atom stereocenters. The first-order valence-corrected chi connectivity index (χ1v) is 4.82. The molecule has 0 saturated heterocycles. The zero-order chi connectivity index (χ0) is 12.2. The standard InChI is InChI=1S/C11H23N3O/c1-9-10(15-8)11(12(2)3,13(4)5)14(6)7/h1H2,2-8H3. The average Bonchev–Trinajstić information content (AvgIpc) is 2.11. The van der Waals surface area contributed by atoms with Crippen molar-refractivity contribution in [3.8, 4) is 0 Å². The predicted molar refractivity (Wildman–Crippen MR) is 63.5 cm³/mol. The second-order valence-corrected chi connectivity index (χ2v) is 4.03. The van der Waals surface area contributed by atoms with Crippen molar-refractivity contribution in [2.75, 3.05) is 49.4 Å². The minimum absolute atomic E-state index is 0.462. The molecular weight excluding hydrogens is 190 g/mol. The van der Waals surface area contributed by atoms with E-state index in [2.05, 4.69) is 27.0 Å². The highest BCUT2D eigenvalue weighted by atomic mass is 16.5. The summed E-state index contributed by atoms with van der Waals surface area (Å²) in [6.45, 7) is 3.68. The second-order valence-electron chi connectivity index (χ2n) is 4.03. The summed E-state index contributed by atoms with van der Waals surface area (Å²) in [5.74, 6) is 0.221. The third kappa shape index (κ3) is 2.24. The summed E-state index contributed by atoms with van der Waals surface area (Å²) >= 11 is 0. The van der Waals surface area contributed by atoms with Crippen molar-refractivity contribution in [1.82, 2.24) is 14.7 Å². The van der Waals surface area contributed by atoms with Gasteiger partial charge in [-0.25, -0.2) is 0 Å². The molecule has 0 aliphatic rings. The molecule has 0 bridgehead atoms. The molecule has 0 aromatic heterocycles. The maximum atomic E-state index is 5.37. The first-order valence-electron chi connectivity index (χ1n) is 4.82. The van der Waals surface area contributed by atoms with Crippen molar-refractivity contribution in [2.24, 2.45) is 0 Å². The highest BCUT2D eigenvalue weighted by Gasteiger charge is 2.43. The van der Waals surface area contributed by atoms with Crippen LogP contribution in [0.2, 0.25) is 0 Å². The number of hydrogen-bond acceptors (Lipinski definition) is 4. The Morgan fingerprint density at radius 2 is 1.33 bits per heavy atom. The van der Waals surface area contributed by atoms with Crippen LogP contribution in [0.3, 0.4) is 0 Å². The van der Waals surface area contributed by atoms with Gasteiger partial charge in [0.1, 0.15) is 0 Å². The van der Waals surface area contributed by atoms with Crippen LogP contribution in [-0.2, 0) is 4.74 Å². The van der Waals surface area contributed by atoms with Gasteiger partial charge in [0.2, 0.25) is 0 Å². The van der Waals surface area contributed by atoms with Gasteiger partial charge < -0.3 is 4.74 Å². The molecule has 0 rings (SSSR count). The summed E-state index contributed by atoms with van der Waals surface area (Å²) in [6, 6.07) is 0. The Morgan fingerprint density at radius 3 is 1.40 bits per heavy atom. The molecule has 0 fully saturated rings. The fourth-order valence-corrected chi connectivity index (χ4v) is 2.14. The molecular formula is C11H23N3O. The van der Waals surface area contributed by atoms with Gasteiger partial charge in [-0.1, -0.05) is 12.3 Å². The van der Waals surface area contributed by atoms with E-state index < -0.39 is 5.79 Å². The van der Waals surface area contributed by atoms with Crippen LogP contribution >= 0.6 is 0 Å². The van der Waals surface area contributed by atoms with E-state index in [-0.39, 0.29) is 0 Å². The summed E-state index contributed by atoms with van der Waals surface area (Å²) < 4.78 is 5.37. The first-order chi connectivity index (χ1) is 6.85. The zero-order valence-electron chi connectivity index (χ0n) is 11.0. The van der Waals surface area contributed by atoms with Crippen LogP contribution in [0.25, 0.3) is 0 Å². The van der Waals surface area contributed by atoms with E-state index in [1.807, 2.05) is 42.3 Å². The van der Waals surface area contributed by atoms with Crippen LogP contribution in [0.4, 0.5) is 0 Å². The normalized spacial score (nSPS) is 12.1. The van der Waals surface area contributed by atoms with Crippen molar-refractivity contribution in [1.29, 1.82) is 0 Å². The summed E-state index contributed by atoms with van der Waals surface area (Å²) in [4.78, 5) is 6.18. The molecule has 0 heterocycles. The molecule has 0 N–H and O–H groups in total. The molecule has 0 aliphatic carbocycles. The number of rotatable bonds is 5. The minimum atomic E-state index is -0.462. The predicted octanol–water partition coefficient (Wildman–Crippen LogP) is 0.640. The maximum absolute atomic E-state index is 5.37. The van der Waals surface area contributed by atoms with Gasteiger partial charge in [0.25, 0.3) is 0 Å². The van der Waals surface area contributed by atoms with Crippen molar-refractivity contribution >= 4 is 0 Å². The summed E-state index contributed by atoms with van der Waals surface area (Å²) in [7, 11) is 13.6. The topological polar surface area (TPSA) is 19.0 Å². The number of likely N-dealkylation sites (N-methyl/N-ethyl adjacent to an activating group) is 3. The monoisotopic (exact) mass is 213 g/mol. The van der Waals surface area contributed by atoms with E-state index in [1.54, 1.807) is 7.11 Å². The summed E-state index contributed by atoms with van der Waals surface area (Å²) in [5, 5.41) is 0. The lowest BCUT2D eigenvalue weighted by Gasteiger charge is -2.48. The van der Waals surface area contributed by atoms with Crippen molar-refractivity contribution in [3.05, 3.63) is 18.1 Å². The van der Waals surface area contributed by atoms with E-state index in [0.29, 0.717) is 5.76 Å². The Bertz CT molecular complexity index is 231. The second kappa shape index (κ2) is 5.33. The van der Waals surface area contributed by atoms with Gasteiger partial charge in [0, 0.05) is 0 Å². The van der Waals surface area contributed by atoms with Gasteiger partial charge in [-0.3, -0.25) is 14.7 Å².